The van der Waals surface area contributed by atoms with Gasteiger partial charge in [0.2, 0.25) is 5.82 Å². The molecule has 0 amide bonds. The van der Waals surface area contributed by atoms with E-state index in [2.05, 4.69) is 10.2 Å². The number of hydrogen-bond donors (Lipinski definition) is 1. The molecule has 1 heterocycles. The molecule has 6 nitrogen and oxygen atoms in total. The summed E-state index contributed by atoms with van der Waals surface area (Å²) in [4.78, 5) is 12.7. The summed E-state index contributed by atoms with van der Waals surface area (Å²) in [6.07, 6.45) is 0. The fraction of sp³-hybridized carbons (Fsp3) is 0.333. The zero-order valence-electron chi connectivity index (χ0n) is 14.0. The fourth-order valence-corrected chi connectivity index (χ4v) is 3.38. The molecule has 1 saturated heterocycles. The molecule has 3 rings (SSSR count). The van der Waals surface area contributed by atoms with Gasteiger partial charge in [0, 0.05) is 24.7 Å². The lowest BCUT2D eigenvalue weighted by atomic mass is 10.0. The second-order valence-electron chi connectivity index (χ2n) is 5.96. The van der Waals surface area contributed by atoms with Crippen molar-refractivity contribution in [2.75, 3.05) is 38.2 Å². The summed E-state index contributed by atoms with van der Waals surface area (Å²) in [5.74, 6) is -0.860. The zero-order chi connectivity index (χ0) is 18.5. The third-order valence-electron chi connectivity index (χ3n) is 4.41. The Labute approximate surface area is 155 Å². The lowest BCUT2D eigenvalue weighted by Gasteiger charge is -2.35. The second kappa shape index (κ2) is 8.44. The minimum absolute atomic E-state index is 0.115. The van der Waals surface area contributed by atoms with E-state index in [0.717, 1.165) is 24.7 Å². The summed E-state index contributed by atoms with van der Waals surface area (Å²) in [7, 11) is 0. The van der Waals surface area contributed by atoms with Gasteiger partial charge in [0.25, 0.3) is 0 Å². The molecular formula is C18H19ClFN3O3. The van der Waals surface area contributed by atoms with Crippen LogP contribution in [0.15, 0.2) is 42.5 Å². The molecule has 8 heteroatoms. The standard InChI is InChI=1S/C18H19ClFN3O3/c19-14-5-2-1-4-13(14)17(22-8-10-26-11-9-22)12-21-16-7-3-6-15(20)18(16)23(24)25/h1-7,17,21H,8-12H2/t17-/m0/s1. The van der Waals surface area contributed by atoms with Gasteiger partial charge in [-0.15, -0.1) is 0 Å². The predicted octanol–water partition coefficient (Wildman–Crippen LogP) is 3.87. The van der Waals surface area contributed by atoms with E-state index in [1.54, 1.807) is 0 Å². The highest BCUT2D eigenvalue weighted by Crippen LogP contribution is 2.31. The average molecular weight is 380 g/mol. The Bertz CT molecular complexity index is 784. The van der Waals surface area contributed by atoms with Gasteiger partial charge in [-0.05, 0) is 23.8 Å². The Balaban J connectivity index is 1.86. The number of rotatable bonds is 6. The van der Waals surface area contributed by atoms with Gasteiger partial charge in [-0.3, -0.25) is 15.0 Å². The second-order valence-corrected chi connectivity index (χ2v) is 6.37. The summed E-state index contributed by atoms with van der Waals surface area (Å²) >= 11 is 6.37. The predicted molar refractivity (Wildman–Crippen MR) is 98.1 cm³/mol. The first-order valence-electron chi connectivity index (χ1n) is 8.31. The molecule has 1 fully saturated rings. The van der Waals surface area contributed by atoms with Crippen molar-refractivity contribution in [2.45, 2.75) is 6.04 Å². The van der Waals surface area contributed by atoms with Gasteiger partial charge in [0.1, 0.15) is 5.69 Å². The highest BCUT2D eigenvalue weighted by atomic mass is 35.5. The minimum atomic E-state index is -0.860. The molecule has 1 aliphatic heterocycles. The minimum Gasteiger partial charge on any atom is -0.379 e. The van der Waals surface area contributed by atoms with Crippen molar-refractivity contribution in [2.24, 2.45) is 0 Å². The maximum atomic E-state index is 13.8. The van der Waals surface area contributed by atoms with Crippen molar-refractivity contribution < 1.29 is 14.1 Å². The Kier molecular flexibility index (Phi) is 6.03. The first-order chi connectivity index (χ1) is 12.6. The van der Waals surface area contributed by atoms with Gasteiger partial charge in [-0.2, -0.15) is 4.39 Å². The number of anilines is 1. The topological polar surface area (TPSA) is 67.6 Å². The van der Waals surface area contributed by atoms with E-state index < -0.39 is 16.4 Å². The van der Waals surface area contributed by atoms with E-state index in [1.807, 2.05) is 24.3 Å². The van der Waals surface area contributed by atoms with Crippen LogP contribution < -0.4 is 5.32 Å². The van der Waals surface area contributed by atoms with Gasteiger partial charge < -0.3 is 10.1 Å². The Morgan fingerprint density at radius 3 is 2.65 bits per heavy atom. The Morgan fingerprint density at radius 2 is 1.96 bits per heavy atom. The van der Waals surface area contributed by atoms with E-state index in [-0.39, 0.29) is 11.7 Å². The molecule has 0 radical (unpaired) electrons. The largest absolute Gasteiger partial charge is 0.379 e. The van der Waals surface area contributed by atoms with E-state index in [9.17, 15) is 14.5 Å². The number of nitrogens with one attached hydrogen (secondary N) is 1. The number of nitrogens with zero attached hydrogens (tertiary/aromatic N) is 2. The van der Waals surface area contributed by atoms with Crippen LogP contribution in [0.1, 0.15) is 11.6 Å². The van der Waals surface area contributed by atoms with Gasteiger partial charge in [0.15, 0.2) is 0 Å². The number of nitro groups is 1. The van der Waals surface area contributed by atoms with E-state index in [1.165, 1.54) is 12.1 Å². The Morgan fingerprint density at radius 1 is 1.23 bits per heavy atom. The van der Waals surface area contributed by atoms with Crippen molar-refractivity contribution in [3.8, 4) is 0 Å². The van der Waals surface area contributed by atoms with Gasteiger partial charge in [-0.1, -0.05) is 35.9 Å². The van der Waals surface area contributed by atoms with Crippen molar-refractivity contribution >= 4 is 23.0 Å². The third kappa shape index (κ3) is 4.12. The maximum Gasteiger partial charge on any atom is 0.327 e. The maximum absolute atomic E-state index is 13.8. The highest BCUT2D eigenvalue weighted by molar-refractivity contribution is 6.31. The van der Waals surface area contributed by atoms with Gasteiger partial charge in [0.05, 0.1) is 24.2 Å². The summed E-state index contributed by atoms with van der Waals surface area (Å²) in [5, 5.41) is 14.9. The molecule has 0 saturated carbocycles. The number of hydrogen-bond acceptors (Lipinski definition) is 5. The number of halogens is 2. The molecule has 1 aliphatic rings. The van der Waals surface area contributed by atoms with E-state index >= 15 is 0 Å². The first-order valence-corrected chi connectivity index (χ1v) is 8.68. The summed E-state index contributed by atoms with van der Waals surface area (Å²) in [5.41, 5.74) is 0.523. The van der Waals surface area contributed by atoms with Crippen LogP contribution in [0.5, 0.6) is 0 Å². The summed E-state index contributed by atoms with van der Waals surface area (Å²) < 4.78 is 19.2. The van der Waals surface area contributed by atoms with Crippen LogP contribution in [0, 0.1) is 15.9 Å². The molecule has 0 spiro atoms. The fourth-order valence-electron chi connectivity index (χ4n) is 3.12. The number of nitro benzene ring substituents is 1. The van der Waals surface area contributed by atoms with Crippen LogP contribution in [0.2, 0.25) is 5.02 Å². The van der Waals surface area contributed by atoms with E-state index in [4.69, 9.17) is 16.3 Å². The van der Waals surface area contributed by atoms with Crippen LogP contribution in [0.25, 0.3) is 0 Å². The van der Waals surface area contributed by atoms with Crippen molar-refractivity contribution in [1.82, 2.24) is 4.90 Å². The van der Waals surface area contributed by atoms with Crippen molar-refractivity contribution in [3.05, 3.63) is 69.0 Å². The average Bonchev–Trinajstić information content (AvgIpc) is 2.64. The normalized spacial score (nSPS) is 16.2. The molecule has 26 heavy (non-hydrogen) atoms. The number of morpholine rings is 1. The lowest BCUT2D eigenvalue weighted by molar-refractivity contribution is -0.386. The van der Waals surface area contributed by atoms with Crippen LogP contribution in [0.4, 0.5) is 15.8 Å². The van der Waals surface area contributed by atoms with Crippen LogP contribution >= 0.6 is 11.6 Å². The lowest BCUT2D eigenvalue weighted by Crippen LogP contribution is -2.41. The summed E-state index contributed by atoms with van der Waals surface area (Å²) in [6.45, 7) is 3.03. The molecule has 0 aromatic heterocycles. The molecule has 0 bridgehead atoms. The van der Waals surface area contributed by atoms with Crippen LogP contribution in [-0.4, -0.2) is 42.7 Å². The number of ether oxygens (including phenoxy) is 1. The molecule has 1 atom stereocenters. The number of para-hydroxylation sites is 1. The van der Waals surface area contributed by atoms with Crippen molar-refractivity contribution in [1.29, 1.82) is 0 Å². The molecular weight excluding hydrogens is 361 g/mol. The van der Waals surface area contributed by atoms with Crippen LogP contribution in [-0.2, 0) is 4.74 Å². The number of benzene rings is 2. The van der Waals surface area contributed by atoms with E-state index in [0.29, 0.717) is 24.8 Å². The van der Waals surface area contributed by atoms with Gasteiger partial charge in [-0.25, -0.2) is 0 Å². The molecule has 1 N–H and O–H groups in total. The molecule has 0 aliphatic carbocycles. The quantitative estimate of drug-likeness (QED) is 0.609. The molecule has 2 aromatic carbocycles. The molecule has 2 aromatic rings. The van der Waals surface area contributed by atoms with Crippen molar-refractivity contribution in [3.63, 3.8) is 0 Å². The highest BCUT2D eigenvalue weighted by Gasteiger charge is 2.26. The molecule has 138 valence electrons. The monoisotopic (exact) mass is 379 g/mol. The Hall–Kier alpha value is -2.22. The summed E-state index contributed by atoms with van der Waals surface area (Å²) in [6, 6.07) is 11.4. The first kappa shape index (κ1) is 18.6. The molecule has 0 unspecified atom stereocenters. The zero-order valence-corrected chi connectivity index (χ0v) is 14.8. The van der Waals surface area contributed by atoms with Crippen LogP contribution in [0.3, 0.4) is 0 Å². The van der Waals surface area contributed by atoms with Gasteiger partial charge >= 0.3 is 5.69 Å². The SMILES string of the molecule is O=[N+]([O-])c1c(F)cccc1NC[C@@H](c1ccccc1Cl)N1CCOCC1. The third-order valence-corrected chi connectivity index (χ3v) is 4.75. The smallest absolute Gasteiger partial charge is 0.327 e.